The zero-order valence-electron chi connectivity index (χ0n) is 12.0. The number of nitrogens with zero attached hydrogens (tertiary/aromatic N) is 1. The lowest BCUT2D eigenvalue weighted by molar-refractivity contribution is -0.193. The number of hydrogen-bond acceptors (Lipinski definition) is 4. The topological polar surface area (TPSA) is 72.6 Å². The Labute approximate surface area is 125 Å². The molecule has 122 valence electrons. The Balaban J connectivity index is 2.76. The molecule has 1 atom stereocenters. The molecule has 0 aliphatic heterocycles. The first kappa shape index (κ1) is 18.0. The van der Waals surface area contributed by atoms with E-state index in [4.69, 9.17) is 5.73 Å². The van der Waals surface area contributed by atoms with Crippen LogP contribution in [0.5, 0.6) is 0 Å². The molecule has 0 radical (unpaired) electrons. The Bertz CT molecular complexity index is 504. The second-order valence-corrected chi connectivity index (χ2v) is 4.83. The third kappa shape index (κ3) is 6.13. The van der Waals surface area contributed by atoms with Crippen molar-refractivity contribution in [3.05, 3.63) is 35.9 Å². The molecule has 2 N–H and O–H groups in total. The van der Waals surface area contributed by atoms with E-state index in [1.165, 1.54) is 0 Å². The van der Waals surface area contributed by atoms with Crippen LogP contribution in [0.3, 0.4) is 0 Å². The summed E-state index contributed by atoms with van der Waals surface area (Å²) in [5.74, 6) is -2.53. The number of carbonyl (C=O) groups is 2. The predicted octanol–water partition coefficient (Wildman–Crippen LogP) is 2.45. The number of ether oxygens (including phenoxy) is 1. The maximum atomic E-state index is 12.1. The van der Waals surface area contributed by atoms with Gasteiger partial charge in [0, 0.05) is 19.1 Å². The van der Waals surface area contributed by atoms with Gasteiger partial charge in [-0.2, -0.15) is 13.2 Å². The molecule has 22 heavy (non-hydrogen) atoms. The Hall–Kier alpha value is -2.09. The van der Waals surface area contributed by atoms with Gasteiger partial charge in [0.2, 0.25) is 0 Å². The molecule has 0 saturated carbocycles. The third-order valence-corrected chi connectivity index (χ3v) is 2.74. The lowest BCUT2D eigenvalue weighted by atomic mass is 10.2. The normalized spacial score (nSPS) is 12.6. The number of benzene rings is 1. The molecule has 0 aromatic heterocycles. The third-order valence-electron chi connectivity index (χ3n) is 2.74. The fourth-order valence-corrected chi connectivity index (χ4v) is 1.60. The zero-order valence-corrected chi connectivity index (χ0v) is 12.0. The lowest BCUT2D eigenvalue weighted by Crippen LogP contribution is -2.38. The van der Waals surface area contributed by atoms with E-state index in [-0.39, 0.29) is 19.1 Å². The van der Waals surface area contributed by atoms with Crippen LogP contribution in [0.4, 0.5) is 18.0 Å². The smallest absolute Gasteiger partial charge is 0.369 e. The van der Waals surface area contributed by atoms with Gasteiger partial charge in [-0.1, -0.05) is 30.3 Å². The lowest BCUT2D eigenvalue weighted by Gasteiger charge is -2.22. The molecule has 1 rings (SSSR count). The van der Waals surface area contributed by atoms with Crippen molar-refractivity contribution in [2.45, 2.75) is 32.1 Å². The highest BCUT2D eigenvalue weighted by Gasteiger charge is 2.43. The van der Waals surface area contributed by atoms with Crippen molar-refractivity contribution in [2.75, 3.05) is 6.54 Å². The summed E-state index contributed by atoms with van der Waals surface area (Å²) in [4.78, 5) is 23.5. The molecule has 0 aliphatic rings. The maximum Gasteiger partial charge on any atom is 0.491 e. The van der Waals surface area contributed by atoms with Gasteiger partial charge in [0.05, 0.1) is 0 Å². The van der Waals surface area contributed by atoms with E-state index in [0.717, 1.165) is 4.90 Å². The second kappa shape index (κ2) is 7.79. The van der Waals surface area contributed by atoms with Gasteiger partial charge < -0.3 is 15.4 Å². The largest absolute Gasteiger partial charge is 0.491 e. The van der Waals surface area contributed by atoms with Crippen molar-refractivity contribution in [3.8, 4) is 0 Å². The predicted molar refractivity (Wildman–Crippen MR) is 72.7 cm³/mol. The van der Waals surface area contributed by atoms with E-state index in [0.29, 0.717) is 12.0 Å². The summed E-state index contributed by atoms with van der Waals surface area (Å²) in [6.07, 6.45) is -6.19. The molecular formula is C14H17F3N2O3. The van der Waals surface area contributed by atoms with Gasteiger partial charge in [-0.3, -0.25) is 0 Å². The Morgan fingerprint density at radius 1 is 1.27 bits per heavy atom. The number of hydrogen-bond donors (Lipinski definition) is 1. The number of amides is 1. The Morgan fingerprint density at radius 3 is 2.36 bits per heavy atom. The highest BCUT2D eigenvalue weighted by atomic mass is 19.4. The van der Waals surface area contributed by atoms with Crippen molar-refractivity contribution >= 4 is 12.1 Å². The van der Waals surface area contributed by atoms with E-state index in [1.54, 1.807) is 37.3 Å². The molecule has 1 aromatic carbocycles. The number of halogens is 3. The summed E-state index contributed by atoms with van der Waals surface area (Å²) in [6.45, 7) is 1.81. The summed E-state index contributed by atoms with van der Waals surface area (Å²) < 4.78 is 40.3. The van der Waals surface area contributed by atoms with E-state index < -0.39 is 18.2 Å². The zero-order chi connectivity index (χ0) is 16.8. The first-order chi connectivity index (χ1) is 10.2. The summed E-state index contributed by atoms with van der Waals surface area (Å²) in [5, 5.41) is 0. The van der Waals surface area contributed by atoms with Crippen LogP contribution in [0.2, 0.25) is 0 Å². The van der Waals surface area contributed by atoms with E-state index in [1.807, 2.05) is 0 Å². The number of rotatable bonds is 5. The first-order valence-corrected chi connectivity index (χ1v) is 6.57. The van der Waals surface area contributed by atoms with Gasteiger partial charge in [-0.15, -0.1) is 0 Å². The van der Waals surface area contributed by atoms with Gasteiger partial charge in [-0.25, -0.2) is 9.59 Å². The minimum absolute atomic E-state index is 0.0253. The van der Waals surface area contributed by atoms with E-state index in [2.05, 4.69) is 4.74 Å². The summed E-state index contributed by atoms with van der Waals surface area (Å²) in [5.41, 5.74) is 6.28. The molecule has 0 aliphatic carbocycles. The van der Waals surface area contributed by atoms with Crippen LogP contribution in [-0.2, 0) is 16.1 Å². The average Bonchev–Trinajstić information content (AvgIpc) is 2.43. The van der Waals surface area contributed by atoms with Gasteiger partial charge in [0.15, 0.2) is 0 Å². The maximum absolute atomic E-state index is 12.1. The van der Waals surface area contributed by atoms with Gasteiger partial charge >= 0.3 is 18.2 Å². The minimum atomic E-state index is -5.21. The van der Waals surface area contributed by atoms with Crippen LogP contribution >= 0.6 is 0 Å². The molecule has 0 spiro atoms. The monoisotopic (exact) mass is 318 g/mol. The SMILES string of the molecule is C[C@H](N)CCN(Cc1ccccc1)C(=O)OC(=O)C(F)(F)F. The molecule has 0 saturated heterocycles. The molecule has 1 amide bonds. The van der Waals surface area contributed by atoms with Crippen LogP contribution in [0.1, 0.15) is 18.9 Å². The van der Waals surface area contributed by atoms with Crippen LogP contribution in [0.15, 0.2) is 30.3 Å². The Morgan fingerprint density at radius 2 is 1.86 bits per heavy atom. The number of esters is 1. The quantitative estimate of drug-likeness (QED) is 0.668. The summed E-state index contributed by atoms with van der Waals surface area (Å²) in [7, 11) is 0. The van der Waals surface area contributed by atoms with Gasteiger partial charge in [-0.05, 0) is 18.9 Å². The molecule has 0 unspecified atom stereocenters. The molecular weight excluding hydrogens is 301 g/mol. The average molecular weight is 318 g/mol. The van der Waals surface area contributed by atoms with Crippen LogP contribution in [-0.4, -0.2) is 35.7 Å². The van der Waals surface area contributed by atoms with Crippen molar-refractivity contribution in [1.29, 1.82) is 0 Å². The standard InChI is InChI=1S/C14H17F3N2O3/c1-10(18)7-8-19(9-11-5-3-2-4-6-11)13(21)22-12(20)14(15,16)17/h2-6,10H,7-9,18H2,1H3/t10-/m0/s1. The molecule has 0 heterocycles. The summed E-state index contributed by atoms with van der Waals surface area (Å²) in [6, 6.07) is 8.39. The number of alkyl halides is 3. The highest BCUT2D eigenvalue weighted by Crippen LogP contribution is 2.18. The van der Waals surface area contributed by atoms with Gasteiger partial charge in [0.25, 0.3) is 0 Å². The van der Waals surface area contributed by atoms with Crippen LogP contribution in [0, 0.1) is 0 Å². The van der Waals surface area contributed by atoms with E-state index >= 15 is 0 Å². The number of nitrogens with two attached hydrogens (primary N) is 1. The van der Waals surface area contributed by atoms with Crippen molar-refractivity contribution in [1.82, 2.24) is 4.90 Å². The van der Waals surface area contributed by atoms with Crippen LogP contribution in [0.25, 0.3) is 0 Å². The van der Waals surface area contributed by atoms with E-state index in [9.17, 15) is 22.8 Å². The van der Waals surface area contributed by atoms with Crippen molar-refractivity contribution in [3.63, 3.8) is 0 Å². The molecule has 8 heteroatoms. The van der Waals surface area contributed by atoms with Gasteiger partial charge in [0.1, 0.15) is 0 Å². The van der Waals surface area contributed by atoms with Crippen molar-refractivity contribution in [2.24, 2.45) is 5.73 Å². The highest BCUT2D eigenvalue weighted by molar-refractivity contribution is 5.87. The molecule has 1 aromatic rings. The Kier molecular flexibility index (Phi) is 6.36. The van der Waals surface area contributed by atoms with Crippen LogP contribution < -0.4 is 5.73 Å². The fraction of sp³-hybridized carbons (Fsp3) is 0.429. The molecule has 0 fully saturated rings. The molecule has 5 nitrogen and oxygen atoms in total. The minimum Gasteiger partial charge on any atom is -0.369 e. The fourth-order valence-electron chi connectivity index (χ4n) is 1.60. The number of carbonyl (C=O) groups excluding carboxylic acids is 2. The van der Waals surface area contributed by atoms with Crippen molar-refractivity contribution < 1.29 is 27.5 Å². The molecule has 0 bridgehead atoms. The second-order valence-electron chi connectivity index (χ2n) is 4.83. The summed E-state index contributed by atoms with van der Waals surface area (Å²) >= 11 is 0. The first-order valence-electron chi connectivity index (χ1n) is 6.57.